The van der Waals surface area contributed by atoms with Crippen molar-refractivity contribution in [1.82, 2.24) is 40.4 Å². The van der Waals surface area contributed by atoms with Crippen LogP contribution in [0.25, 0.3) is 44.4 Å². The summed E-state index contributed by atoms with van der Waals surface area (Å²) in [6.07, 6.45) is 1.68. The Morgan fingerprint density at radius 3 is 1.44 bits per heavy atom. The first-order valence-electron chi connectivity index (χ1n) is 21.1. The molecule has 4 heterocycles. The van der Waals surface area contributed by atoms with Gasteiger partial charge in [-0.1, -0.05) is 99.4 Å². The quantitative estimate of drug-likeness (QED) is 0.101. The lowest BCUT2D eigenvalue weighted by molar-refractivity contribution is -0.138. The molecule has 2 aliphatic rings. The molecule has 4 N–H and O–H groups in total. The molecule has 0 saturated carbocycles. The third kappa shape index (κ3) is 8.85. The number of hydrogen-bond donors (Lipinski definition) is 4. The number of nitrogens with one attached hydrogen (secondary N) is 4. The van der Waals surface area contributed by atoms with E-state index in [0.717, 1.165) is 45.9 Å². The maximum Gasteiger partial charge on any atom is 0.407 e. The van der Waals surface area contributed by atoms with Crippen LogP contribution < -0.4 is 10.6 Å². The third-order valence-electron chi connectivity index (χ3n) is 12.2. The highest BCUT2D eigenvalue weighted by molar-refractivity contribution is 6.32. The molecule has 2 aliphatic heterocycles. The number of rotatable bonds is 11. The van der Waals surface area contributed by atoms with Crippen molar-refractivity contribution in [3.05, 3.63) is 82.6 Å². The molecule has 4 amide bonds. The number of fused-ring (bicyclic) bond motifs is 1. The van der Waals surface area contributed by atoms with Crippen molar-refractivity contribution in [2.45, 2.75) is 103 Å². The van der Waals surface area contributed by atoms with Gasteiger partial charge in [0.05, 0.1) is 26.3 Å². The normalized spacial score (nSPS) is 19.9. The number of imidazole rings is 2. The van der Waals surface area contributed by atoms with Crippen molar-refractivity contribution in [2.75, 3.05) is 14.2 Å². The molecule has 5 aromatic rings. The molecular weight excluding hydrogens is 831 g/mol. The van der Waals surface area contributed by atoms with E-state index in [0.29, 0.717) is 46.2 Å². The zero-order valence-electron chi connectivity index (χ0n) is 36.2. The van der Waals surface area contributed by atoms with Gasteiger partial charge in [0.15, 0.2) is 0 Å². The van der Waals surface area contributed by atoms with E-state index in [9.17, 15) is 19.2 Å². The molecule has 14 nitrogen and oxygen atoms in total. The lowest BCUT2D eigenvalue weighted by atomic mass is 9.98. The van der Waals surface area contributed by atoms with E-state index in [4.69, 9.17) is 42.6 Å². The fourth-order valence-electron chi connectivity index (χ4n) is 8.80. The molecule has 0 aliphatic carbocycles. The van der Waals surface area contributed by atoms with Crippen LogP contribution in [-0.2, 0) is 19.1 Å². The van der Waals surface area contributed by atoms with Crippen LogP contribution in [0.3, 0.4) is 0 Å². The second-order valence-electron chi connectivity index (χ2n) is 17.0. The maximum atomic E-state index is 13.9. The van der Waals surface area contributed by atoms with Crippen LogP contribution in [0, 0.1) is 11.8 Å². The van der Waals surface area contributed by atoms with Crippen molar-refractivity contribution in [2.24, 2.45) is 11.8 Å². The van der Waals surface area contributed by atoms with Gasteiger partial charge in [0.1, 0.15) is 45.4 Å². The Balaban J connectivity index is 1.07. The Bertz CT molecular complexity index is 2470. The summed E-state index contributed by atoms with van der Waals surface area (Å²) in [5.41, 5.74) is 4.90. The van der Waals surface area contributed by atoms with Crippen molar-refractivity contribution < 1.29 is 28.7 Å². The maximum absolute atomic E-state index is 13.9. The van der Waals surface area contributed by atoms with Gasteiger partial charge in [-0.15, -0.1) is 0 Å². The average molecular weight is 886 g/mol. The van der Waals surface area contributed by atoms with Gasteiger partial charge in [-0.2, -0.15) is 0 Å². The van der Waals surface area contributed by atoms with Gasteiger partial charge in [-0.05, 0) is 85.4 Å². The predicted molar refractivity (Wildman–Crippen MR) is 239 cm³/mol. The molecule has 2 fully saturated rings. The highest BCUT2D eigenvalue weighted by Crippen LogP contribution is 2.41. The number of benzene rings is 3. The van der Waals surface area contributed by atoms with Gasteiger partial charge < -0.3 is 39.9 Å². The topological polar surface area (TPSA) is 175 Å². The average Bonchev–Trinajstić information content (AvgIpc) is 4.05. The standard InChI is InChI=1S/C46H54Cl2N8O6/c1-23(2)35(51-45(59)61-7)43(57)55-25(5)9-19-33(55)41-49-37(39(47)53-41)28-13-11-27(12-14-28)29-15-16-31-22-32(18-17-30(31)21-29)38-40(48)54-42(50-38)34-20-10-26(6)56(34)44(58)36(24(3)4)52-46(60)62-8/h11-18,21-26,33-36H,9-10,19-20H2,1-8H3,(H,49,53)(H,50,54)(H,51,59)(H,52,60)/t25-,26-,33-,34-,35-,36+/m0/s1. The van der Waals surface area contributed by atoms with E-state index in [1.54, 1.807) is 9.80 Å². The second-order valence-corrected chi connectivity index (χ2v) is 17.8. The molecule has 0 radical (unpaired) electrons. The summed E-state index contributed by atoms with van der Waals surface area (Å²) < 4.78 is 9.58. The molecular formula is C46H54Cl2N8O6. The Morgan fingerprint density at radius 2 is 1.00 bits per heavy atom. The third-order valence-corrected chi connectivity index (χ3v) is 12.8. The van der Waals surface area contributed by atoms with Crippen molar-refractivity contribution >= 4 is 58.0 Å². The number of halogens is 2. The van der Waals surface area contributed by atoms with Gasteiger partial charge >= 0.3 is 12.2 Å². The molecule has 0 bridgehead atoms. The first-order chi connectivity index (χ1) is 29.6. The molecule has 62 heavy (non-hydrogen) atoms. The number of carbonyl (C=O) groups excluding carboxylic acids is 4. The van der Waals surface area contributed by atoms with Crippen LogP contribution in [0.4, 0.5) is 9.59 Å². The van der Waals surface area contributed by atoms with Gasteiger partial charge in [0, 0.05) is 23.2 Å². The van der Waals surface area contributed by atoms with Crippen LogP contribution in [-0.4, -0.2) is 92.1 Å². The number of aromatic nitrogens is 4. The molecule has 7 rings (SSSR count). The monoisotopic (exact) mass is 884 g/mol. The van der Waals surface area contributed by atoms with E-state index >= 15 is 0 Å². The summed E-state index contributed by atoms with van der Waals surface area (Å²) in [4.78, 5) is 71.8. The number of methoxy groups -OCH3 is 2. The van der Waals surface area contributed by atoms with Crippen LogP contribution in [0.15, 0.2) is 60.7 Å². The van der Waals surface area contributed by atoms with Crippen molar-refractivity contribution in [3.63, 3.8) is 0 Å². The van der Waals surface area contributed by atoms with Crippen LogP contribution >= 0.6 is 23.2 Å². The first kappa shape index (κ1) is 44.5. The lowest BCUT2D eigenvalue weighted by Crippen LogP contribution is -2.52. The van der Waals surface area contributed by atoms with E-state index < -0.39 is 24.3 Å². The summed E-state index contributed by atoms with van der Waals surface area (Å²) in [5.74, 6) is 0.525. The Hall–Kier alpha value is -5.60. The van der Waals surface area contributed by atoms with Crippen LogP contribution in [0.1, 0.15) is 91.0 Å². The number of hydrogen-bond acceptors (Lipinski definition) is 8. The number of ether oxygens (including phenoxy) is 2. The van der Waals surface area contributed by atoms with E-state index in [1.807, 2.05) is 77.9 Å². The molecule has 0 spiro atoms. The molecule has 328 valence electrons. The minimum absolute atomic E-state index is 0.0530. The predicted octanol–water partition coefficient (Wildman–Crippen LogP) is 9.46. The summed E-state index contributed by atoms with van der Waals surface area (Å²) >= 11 is 13.6. The SMILES string of the molecule is COC(=O)N[C@H](C(=O)N1[C@@H](C)CC[C@H]1c1nc(-c2ccc(-c3ccc4cc(-c5nc([C@@H]6CC[C@H](C)N6C(=O)[C@H](NC(=O)OC)C(C)C)[nH]c5Cl)ccc4c3)cc2)c(Cl)[nH]1)C(C)C. The number of carbonyl (C=O) groups is 4. The summed E-state index contributed by atoms with van der Waals surface area (Å²) in [7, 11) is 2.56. The molecule has 3 aromatic carbocycles. The molecule has 6 atom stereocenters. The number of amides is 4. The van der Waals surface area contributed by atoms with Crippen molar-refractivity contribution in [1.29, 1.82) is 0 Å². The van der Waals surface area contributed by atoms with E-state index in [2.05, 4.69) is 44.9 Å². The highest BCUT2D eigenvalue weighted by atomic mass is 35.5. The second kappa shape index (κ2) is 18.4. The Kier molecular flexibility index (Phi) is 13.2. The number of nitrogens with zero attached hydrogens (tertiary/aromatic N) is 4. The van der Waals surface area contributed by atoms with Gasteiger partial charge in [-0.25, -0.2) is 19.6 Å². The fourth-order valence-corrected chi connectivity index (χ4v) is 9.29. The largest absolute Gasteiger partial charge is 0.453 e. The summed E-state index contributed by atoms with van der Waals surface area (Å²) in [6, 6.07) is 18.1. The summed E-state index contributed by atoms with van der Waals surface area (Å²) in [5, 5.41) is 8.22. The molecule has 16 heteroatoms. The summed E-state index contributed by atoms with van der Waals surface area (Å²) in [6.45, 7) is 11.6. The van der Waals surface area contributed by atoms with Crippen molar-refractivity contribution in [3.8, 4) is 33.6 Å². The molecule has 2 aromatic heterocycles. The van der Waals surface area contributed by atoms with Gasteiger partial charge in [0.2, 0.25) is 11.8 Å². The van der Waals surface area contributed by atoms with Crippen LogP contribution in [0.2, 0.25) is 10.3 Å². The minimum atomic E-state index is -0.748. The van der Waals surface area contributed by atoms with E-state index in [-0.39, 0.29) is 47.8 Å². The first-order valence-corrected chi connectivity index (χ1v) is 21.8. The zero-order valence-corrected chi connectivity index (χ0v) is 37.7. The highest BCUT2D eigenvalue weighted by Gasteiger charge is 2.43. The fraction of sp³-hybridized carbons (Fsp3) is 0.435. The van der Waals surface area contributed by atoms with Gasteiger partial charge in [-0.3, -0.25) is 9.59 Å². The molecule has 2 saturated heterocycles. The Morgan fingerprint density at radius 1 is 0.613 bits per heavy atom. The smallest absolute Gasteiger partial charge is 0.407 e. The number of alkyl carbamates (subject to hydrolysis) is 2. The zero-order chi connectivity index (χ0) is 44.6. The number of aromatic amines is 2. The number of likely N-dealkylation sites (tertiary alicyclic amines) is 2. The van der Waals surface area contributed by atoms with Gasteiger partial charge in [0.25, 0.3) is 0 Å². The van der Waals surface area contributed by atoms with Crippen LogP contribution in [0.5, 0.6) is 0 Å². The van der Waals surface area contributed by atoms with E-state index in [1.165, 1.54) is 14.2 Å². The Labute approximate surface area is 371 Å². The number of H-pyrrole nitrogens is 2. The molecule has 0 unspecified atom stereocenters. The lowest BCUT2D eigenvalue weighted by Gasteiger charge is -2.32. The minimum Gasteiger partial charge on any atom is -0.453 e.